The van der Waals surface area contributed by atoms with Crippen LogP contribution < -0.4 is 4.74 Å². The summed E-state index contributed by atoms with van der Waals surface area (Å²) < 4.78 is 5.57. The first-order valence-electron chi connectivity index (χ1n) is 5.88. The van der Waals surface area contributed by atoms with Crippen molar-refractivity contribution in [1.29, 1.82) is 0 Å². The number of aliphatic carboxylic acids is 1. The summed E-state index contributed by atoms with van der Waals surface area (Å²) >= 11 is 0. The fourth-order valence-electron chi connectivity index (χ4n) is 1.42. The van der Waals surface area contributed by atoms with Crippen molar-refractivity contribution in [2.75, 3.05) is 6.61 Å². The molecule has 0 aliphatic rings. The molecular formula is C14H20O3. The molecule has 0 spiro atoms. The number of ether oxygens (including phenoxy) is 1. The fourth-order valence-corrected chi connectivity index (χ4v) is 1.42. The molecule has 1 rings (SSSR count). The average molecular weight is 236 g/mol. The van der Waals surface area contributed by atoms with Gasteiger partial charge in [0.15, 0.2) is 0 Å². The SMILES string of the molecule is Cc1ccc(C(C)C)cc1OCC(C)C(=O)O. The first-order chi connectivity index (χ1) is 7.91. The van der Waals surface area contributed by atoms with Gasteiger partial charge in [-0.15, -0.1) is 0 Å². The van der Waals surface area contributed by atoms with Crippen molar-refractivity contribution >= 4 is 5.97 Å². The van der Waals surface area contributed by atoms with E-state index in [-0.39, 0.29) is 6.61 Å². The topological polar surface area (TPSA) is 46.5 Å². The van der Waals surface area contributed by atoms with Crippen LogP contribution in [-0.2, 0) is 4.79 Å². The normalized spacial score (nSPS) is 12.5. The van der Waals surface area contributed by atoms with E-state index in [2.05, 4.69) is 19.9 Å². The molecule has 1 aromatic rings. The predicted molar refractivity (Wildman–Crippen MR) is 67.6 cm³/mol. The van der Waals surface area contributed by atoms with Crippen LogP contribution in [0.15, 0.2) is 18.2 Å². The lowest BCUT2D eigenvalue weighted by atomic mass is 10.0. The lowest BCUT2D eigenvalue weighted by Gasteiger charge is -2.14. The van der Waals surface area contributed by atoms with E-state index >= 15 is 0 Å². The summed E-state index contributed by atoms with van der Waals surface area (Å²) in [4.78, 5) is 10.7. The maximum Gasteiger partial charge on any atom is 0.309 e. The third-order valence-electron chi connectivity index (χ3n) is 2.79. The molecule has 0 saturated carbocycles. The number of carboxylic acids is 1. The van der Waals surface area contributed by atoms with Crippen LogP contribution in [0.1, 0.15) is 37.8 Å². The highest BCUT2D eigenvalue weighted by Crippen LogP contribution is 2.24. The fraction of sp³-hybridized carbons (Fsp3) is 0.500. The van der Waals surface area contributed by atoms with E-state index in [1.165, 1.54) is 5.56 Å². The van der Waals surface area contributed by atoms with E-state index in [0.717, 1.165) is 11.3 Å². The van der Waals surface area contributed by atoms with Crippen LogP contribution >= 0.6 is 0 Å². The summed E-state index contributed by atoms with van der Waals surface area (Å²) in [6.07, 6.45) is 0. The zero-order chi connectivity index (χ0) is 13.0. The van der Waals surface area contributed by atoms with Crippen LogP contribution in [0.4, 0.5) is 0 Å². The number of hydrogen-bond donors (Lipinski definition) is 1. The van der Waals surface area contributed by atoms with Gasteiger partial charge in [0.25, 0.3) is 0 Å². The Labute approximate surface area is 102 Å². The molecule has 94 valence electrons. The minimum Gasteiger partial charge on any atom is -0.492 e. The van der Waals surface area contributed by atoms with Crippen molar-refractivity contribution in [1.82, 2.24) is 0 Å². The standard InChI is InChI=1S/C14H20O3/c1-9(2)12-6-5-10(3)13(7-12)17-8-11(4)14(15)16/h5-7,9,11H,8H2,1-4H3,(H,15,16). The molecule has 17 heavy (non-hydrogen) atoms. The highest BCUT2D eigenvalue weighted by atomic mass is 16.5. The van der Waals surface area contributed by atoms with E-state index in [0.29, 0.717) is 5.92 Å². The lowest BCUT2D eigenvalue weighted by molar-refractivity contribution is -0.142. The van der Waals surface area contributed by atoms with Crippen molar-refractivity contribution < 1.29 is 14.6 Å². The number of hydrogen-bond acceptors (Lipinski definition) is 2. The maximum atomic E-state index is 10.7. The van der Waals surface area contributed by atoms with E-state index in [1.54, 1.807) is 6.92 Å². The summed E-state index contributed by atoms with van der Waals surface area (Å²) in [7, 11) is 0. The second kappa shape index (κ2) is 5.71. The van der Waals surface area contributed by atoms with Gasteiger partial charge < -0.3 is 9.84 Å². The van der Waals surface area contributed by atoms with Crippen LogP contribution in [0.3, 0.4) is 0 Å². The molecule has 0 radical (unpaired) electrons. The summed E-state index contributed by atoms with van der Waals surface area (Å²) in [5.74, 6) is -0.0982. The molecule has 1 aromatic carbocycles. The van der Waals surface area contributed by atoms with E-state index in [4.69, 9.17) is 9.84 Å². The van der Waals surface area contributed by atoms with Gasteiger partial charge in [-0.25, -0.2) is 0 Å². The largest absolute Gasteiger partial charge is 0.492 e. The minimum absolute atomic E-state index is 0.206. The van der Waals surface area contributed by atoms with Crippen molar-refractivity contribution in [3.8, 4) is 5.75 Å². The van der Waals surface area contributed by atoms with Crippen LogP contribution in [0.5, 0.6) is 5.75 Å². The monoisotopic (exact) mass is 236 g/mol. The first kappa shape index (κ1) is 13.6. The van der Waals surface area contributed by atoms with Gasteiger partial charge in [-0.2, -0.15) is 0 Å². The summed E-state index contributed by atoms with van der Waals surface area (Å²) in [5, 5.41) is 8.79. The molecule has 0 amide bonds. The summed E-state index contributed by atoms with van der Waals surface area (Å²) in [6.45, 7) is 8.05. The number of carboxylic acid groups (broad SMARTS) is 1. The van der Waals surface area contributed by atoms with Crippen LogP contribution in [0.25, 0.3) is 0 Å². The predicted octanol–water partition coefficient (Wildman–Crippen LogP) is 3.22. The Kier molecular flexibility index (Phi) is 4.55. The van der Waals surface area contributed by atoms with Gasteiger partial charge in [-0.1, -0.05) is 26.0 Å². The van der Waals surface area contributed by atoms with Crippen LogP contribution in [-0.4, -0.2) is 17.7 Å². The molecule has 1 atom stereocenters. The molecule has 1 N–H and O–H groups in total. The van der Waals surface area contributed by atoms with Crippen LogP contribution in [0.2, 0.25) is 0 Å². The molecule has 0 heterocycles. The van der Waals surface area contributed by atoms with Gasteiger partial charge in [0.2, 0.25) is 0 Å². The second-order valence-electron chi connectivity index (χ2n) is 4.73. The van der Waals surface area contributed by atoms with Gasteiger partial charge in [0.1, 0.15) is 12.4 Å². The number of rotatable bonds is 5. The van der Waals surface area contributed by atoms with Gasteiger partial charge >= 0.3 is 5.97 Å². The molecule has 3 heteroatoms. The zero-order valence-corrected chi connectivity index (χ0v) is 10.9. The van der Waals surface area contributed by atoms with E-state index in [9.17, 15) is 4.79 Å². The highest BCUT2D eigenvalue weighted by molar-refractivity contribution is 5.69. The summed E-state index contributed by atoms with van der Waals surface area (Å²) in [6, 6.07) is 6.08. The van der Waals surface area contributed by atoms with Crippen molar-refractivity contribution in [3.63, 3.8) is 0 Å². The minimum atomic E-state index is -0.831. The molecule has 0 aliphatic heterocycles. The molecular weight excluding hydrogens is 216 g/mol. The van der Waals surface area contributed by atoms with Crippen molar-refractivity contribution in [2.24, 2.45) is 5.92 Å². The Hall–Kier alpha value is -1.51. The highest BCUT2D eigenvalue weighted by Gasteiger charge is 2.12. The van der Waals surface area contributed by atoms with Gasteiger partial charge in [0.05, 0.1) is 5.92 Å². The molecule has 0 fully saturated rings. The lowest BCUT2D eigenvalue weighted by Crippen LogP contribution is -2.18. The van der Waals surface area contributed by atoms with Gasteiger partial charge in [0, 0.05) is 0 Å². The van der Waals surface area contributed by atoms with Crippen molar-refractivity contribution in [3.05, 3.63) is 29.3 Å². The third kappa shape index (κ3) is 3.77. The van der Waals surface area contributed by atoms with E-state index in [1.807, 2.05) is 19.1 Å². The smallest absolute Gasteiger partial charge is 0.309 e. The first-order valence-corrected chi connectivity index (χ1v) is 5.88. The maximum absolute atomic E-state index is 10.7. The third-order valence-corrected chi connectivity index (χ3v) is 2.79. The molecule has 0 bridgehead atoms. The Balaban J connectivity index is 2.76. The number of aryl methyl sites for hydroxylation is 1. The zero-order valence-electron chi connectivity index (χ0n) is 10.9. The Morgan fingerprint density at radius 1 is 1.35 bits per heavy atom. The molecule has 0 saturated heterocycles. The number of benzene rings is 1. The quantitative estimate of drug-likeness (QED) is 0.853. The molecule has 3 nitrogen and oxygen atoms in total. The molecule has 0 aliphatic carbocycles. The van der Waals surface area contributed by atoms with Crippen LogP contribution in [0, 0.1) is 12.8 Å². The van der Waals surface area contributed by atoms with Gasteiger partial charge in [-0.3, -0.25) is 4.79 Å². The number of carbonyl (C=O) groups is 1. The Bertz CT molecular complexity index is 396. The average Bonchev–Trinajstić information content (AvgIpc) is 2.26. The summed E-state index contributed by atoms with van der Waals surface area (Å²) in [5.41, 5.74) is 2.24. The van der Waals surface area contributed by atoms with E-state index < -0.39 is 11.9 Å². The Morgan fingerprint density at radius 2 is 2.00 bits per heavy atom. The molecule has 0 aromatic heterocycles. The molecule has 1 unspecified atom stereocenters. The Morgan fingerprint density at radius 3 is 2.53 bits per heavy atom. The second-order valence-corrected chi connectivity index (χ2v) is 4.73. The van der Waals surface area contributed by atoms with Gasteiger partial charge in [-0.05, 0) is 37.0 Å². The van der Waals surface area contributed by atoms with Crippen molar-refractivity contribution in [2.45, 2.75) is 33.6 Å².